The summed E-state index contributed by atoms with van der Waals surface area (Å²) in [5.74, 6) is -1.52. The standard InChI is InChI=1S/C25H25NO5/c27-23(24(28)25(29)30)21(17-31-16-18-10-4-1-5-11-18)26-22(19-12-6-2-7-13-19)20-14-8-3-9-15-20/h1-15,21,23-24,27-28H,16-17H2,(H,29,30)/t21-,23+,24+/m1/s1. The molecule has 0 fully saturated rings. The van der Waals surface area contributed by atoms with Crippen molar-refractivity contribution < 1.29 is 24.9 Å². The molecular weight excluding hydrogens is 394 g/mol. The van der Waals surface area contributed by atoms with Crippen molar-refractivity contribution >= 4 is 11.7 Å². The predicted octanol–water partition coefficient (Wildman–Crippen LogP) is 2.92. The van der Waals surface area contributed by atoms with Gasteiger partial charge in [0, 0.05) is 11.1 Å². The quantitative estimate of drug-likeness (QED) is 0.439. The van der Waals surface area contributed by atoms with Gasteiger partial charge in [-0.15, -0.1) is 0 Å². The molecule has 0 aliphatic carbocycles. The number of benzene rings is 3. The molecule has 0 heterocycles. The van der Waals surface area contributed by atoms with E-state index in [1.165, 1.54) is 0 Å². The Hall–Kier alpha value is -3.32. The minimum atomic E-state index is -1.98. The van der Waals surface area contributed by atoms with Crippen molar-refractivity contribution in [1.29, 1.82) is 0 Å². The fraction of sp³-hybridized carbons (Fsp3) is 0.200. The molecule has 3 atom stereocenters. The number of aliphatic carboxylic acids is 1. The molecular formula is C25H25NO5. The van der Waals surface area contributed by atoms with Gasteiger partial charge in [-0.25, -0.2) is 4.79 Å². The van der Waals surface area contributed by atoms with Gasteiger partial charge in [0.05, 0.1) is 18.9 Å². The Morgan fingerprint density at radius 1 is 0.806 bits per heavy atom. The monoisotopic (exact) mass is 419 g/mol. The van der Waals surface area contributed by atoms with Crippen LogP contribution in [0.25, 0.3) is 0 Å². The van der Waals surface area contributed by atoms with E-state index in [4.69, 9.17) is 4.74 Å². The lowest BCUT2D eigenvalue weighted by Gasteiger charge is -2.23. The lowest BCUT2D eigenvalue weighted by molar-refractivity contribution is -0.154. The molecule has 0 saturated carbocycles. The van der Waals surface area contributed by atoms with Crippen LogP contribution in [0.4, 0.5) is 0 Å². The minimum Gasteiger partial charge on any atom is -0.479 e. The smallest absolute Gasteiger partial charge is 0.335 e. The van der Waals surface area contributed by atoms with Crippen LogP contribution in [-0.2, 0) is 16.1 Å². The number of aliphatic hydroxyl groups excluding tert-OH is 2. The number of aliphatic imine (C=N–C) groups is 1. The molecule has 6 nitrogen and oxygen atoms in total. The summed E-state index contributed by atoms with van der Waals surface area (Å²) in [6.45, 7) is 0.207. The van der Waals surface area contributed by atoms with E-state index in [1.807, 2.05) is 91.0 Å². The highest BCUT2D eigenvalue weighted by Gasteiger charge is 2.32. The summed E-state index contributed by atoms with van der Waals surface area (Å²) in [6, 6.07) is 27.3. The highest BCUT2D eigenvalue weighted by molar-refractivity contribution is 6.13. The van der Waals surface area contributed by atoms with E-state index in [-0.39, 0.29) is 13.2 Å². The Morgan fingerprint density at radius 2 is 1.29 bits per heavy atom. The molecule has 0 amide bonds. The number of carbonyl (C=O) groups is 1. The summed E-state index contributed by atoms with van der Waals surface area (Å²) < 4.78 is 5.73. The molecule has 160 valence electrons. The summed E-state index contributed by atoms with van der Waals surface area (Å²) in [4.78, 5) is 15.9. The molecule has 0 bridgehead atoms. The fourth-order valence-corrected chi connectivity index (χ4v) is 3.11. The topological polar surface area (TPSA) is 99.4 Å². The zero-order valence-electron chi connectivity index (χ0n) is 16.9. The zero-order chi connectivity index (χ0) is 22.1. The molecule has 0 radical (unpaired) electrons. The van der Waals surface area contributed by atoms with Crippen molar-refractivity contribution in [1.82, 2.24) is 0 Å². The summed E-state index contributed by atoms with van der Waals surface area (Å²) in [6.07, 6.45) is -3.63. The second kappa shape index (κ2) is 11.2. The highest BCUT2D eigenvalue weighted by atomic mass is 16.5. The van der Waals surface area contributed by atoms with Gasteiger partial charge in [-0.2, -0.15) is 0 Å². The van der Waals surface area contributed by atoms with Gasteiger partial charge in [0.1, 0.15) is 12.1 Å². The molecule has 0 unspecified atom stereocenters. The molecule has 3 rings (SSSR count). The third kappa shape index (κ3) is 6.33. The second-order valence-electron chi connectivity index (χ2n) is 7.05. The van der Waals surface area contributed by atoms with Crippen LogP contribution in [0.5, 0.6) is 0 Å². The van der Waals surface area contributed by atoms with Gasteiger partial charge in [-0.3, -0.25) is 4.99 Å². The van der Waals surface area contributed by atoms with Gasteiger partial charge in [-0.05, 0) is 5.56 Å². The van der Waals surface area contributed by atoms with Crippen molar-refractivity contribution in [3.8, 4) is 0 Å². The molecule has 0 aliphatic heterocycles. The minimum absolute atomic E-state index is 0.0659. The van der Waals surface area contributed by atoms with Crippen molar-refractivity contribution in [2.75, 3.05) is 6.61 Å². The van der Waals surface area contributed by atoms with Crippen LogP contribution in [0, 0.1) is 0 Å². The van der Waals surface area contributed by atoms with Gasteiger partial charge < -0.3 is 20.1 Å². The molecule has 3 aromatic carbocycles. The van der Waals surface area contributed by atoms with E-state index < -0.39 is 24.2 Å². The maximum Gasteiger partial charge on any atom is 0.335 e. The normalized spacial score (nSPS) is 13.7. The SMILES string of the molecule is O=C(O)[C@@H](O)[C@@H](O)[C@@H](COCc1ccccc1)N=C(c1ccccc1)c1ccccc1. The number of nitrogens with zero attached hydrogens (tertiary/aromatic N) is 1. The number of aliphatic hydroxyl groups is 2. The largest absolute Gasteiger partial charge is 0.479 e. The molecule has 0 saturated heterocycles. The maximum absolute atomic E-state index is 11.3. The van der Waals surface area contributed by atoms with E-state index in [0.717, 1.165) is 16.7 Å². The van der Waals surface area contributed by atoms with Crippen molar-refractivity contribution in [2.24, 2.45) is 4.99 Å². The average molecular weight is 419 g/mol. The number of hydrogen-bond acceptors (Lipinski definition) is 5. The molecule has 3 N–H and O–H groups in total. The van der Waals surface area contributed by atoms with Gasteiger partial charge in [0.15, 0.2) is 6.10 Å². The third-order valence-corrected chi connectivity index (χ3v) is 4.76. The van der Waals surface area contributed by atoms with E-state index in [9.17, 15) is 20.1 Å². The fourth-order valence-electron chi connectivity index (χ4n) is 3.11. The number of rotatable bonds is 10. The van der Waals surface area contributed by atoms with E-state index in [2.05, 4.69) is 4.99 Å². The van der Waals surface area contributed by atoms with Crippen molar-refractivity contribution in [3.05, 3.63) is 108 Å². The lowest BCUT2D eigenvalue weighted by Crippen LogP contribution is -2.44. The Balaban J connectivity index is 1.92. The van der Waals surface area contributed by atoms with Crippen LogP contribution < -0.4 is 0 Å². The van der Waals surface area contributed by atoms with Gasteiger partial charge in [0.25, 0.3) is 0 Å². The second-order valence-corrected chi connectivity index (χ2v) is 7.05. The highest BCUT2D eigenvalue weighted by Crippen LogP contribution is 2.16. The summed E-state index contributed by atoms with van der Waals surface area (Å²) in [5.41, 5.74) is 3.12. The lowest BCUT2D eigenvalue weighted by atomic mass is 10.0. The van der Waals surface area contributed by atoms with E-state index in [0.29, 0.717) is 5.71 Å². The van der Waals surface area contributed by atoms with Crippen LogP contribution >= 0.6 is 0 Å². The molecule has 0 aliphatic rings. The molecule has 3 aromatic rings. The van der Waals surface area contributed by atoms with E-state index in [1.54, 1.807) is 0 Å². The van der Waals surface area contributed by atoms with Crippen LogP contribution in [0.15, 0.2) is 96.0 Å². The van der Waals surface area contributed by atoms with Crippen LogP contribution in [0.1, 0.15) is 16.7 Å². The number of carboxylic acids is 1. The first-order valence-corrected chi connectivity index (χ1v) is 9.95. The van der Waals surface area contributed by atoms with E-state index >= 15 is 0 Å². The van der Waals surface area contributed by atoms with Crippen molar-refractivity contribution in [2.45, 2.75) is 24.9 Å². The van der Waals surface area contributed by atoms with Crippen LogP contribution in [0.2, 0.25) is 0 Å². The number of ether oxygens (including phenoxy) is 1. The molecule has 31 heavy (non-hydrogen) atoms. The Bertz CT molecular complexity index is 935. The first-order valence-electron chi connectivity index (χ1n) is 9.95. The van der Waals surface area contributed by atoms with Gasteiger partial charge in [-0.1, -0.05) is 91.0 Å². The number of carboxylic acid groups (broad SMARTS) is 1. The summed E-state index contributed by atoms with van der Waals surface area (Å²) >= 11 is 0. The Morgan fingerprint density at radius 3 is 1.77 bits per heavy atom. The molecule has 0 aromatic heterocycles. The van der Waals surface area contributed by atoms with Gasteiger partial charge >= 0.3 is 5.97 Å². The maximum atomic E-state index is 11.3. The van der Waals surface area contributed by atoms with Gasteiger partial charge in [0.2, 0.25) is 0 Å². The molecule has 6 heteroatoms. The summed E-state index contributed by atoms with van der Waals surface area (Å²) in [5, 5.41) is 29.7. The Kier molecular flexibility index (Phi) is 8.06. The average Bonchev–Trinajstić information content (AvgIpc) is 2.82. The third-order valence-electron chi connectivity index (χ3n) is 4.76. The van der Waals surface area contributed by atoms with Crippen LogP contribution in [-0.4, -0.2) is 51.9 Å². The Labute approximate surface area is 181 Å². The first-order chi connectivity index (χ1) is 15.1. The predicted molar refractivity (Wildman–Crippen MR) is 118 cm³/mol. The van der Waals surface area contributed by atoms with Crippen molar-refractivity contribution in [3.63, 3.8) is 0 Å². The number of hydrogen-bond donors (Lipinski definition) is 3. The first kappa shape index (κ1) is 22.4. The molecule has 0 spiro atoms. The summed E-state index contributed by atoms with van der Waals surface area (Å²) in [7, 11) is 0. The zero-order valence-corrected chi connectivity index (χ0v) is 16.9. The van der Waals surface area contributed by atoms with Crippen LogP contribution in [0.3, 0.4) is 0 Å².